The molecule has 0 bridgehead atoms. The van der Waals surface area contributed by atoms with E-state index in [9.17, 15) is 9.59 Å². The van der Waals surface area contributed by atoms with Crippen molar-refractivity contribution in [1.82, 2.24) is 5.32 Å². The molecular weight excluding hydrogens is 220 g/mol. The van der Waals surface area contributed by atoms with E-state index in [0.717, 1.165) is 25.7 Å². The van der Waals surface area contributed by atoms with Crippen molar-refractivity contribution in [2.45, 2.75) is 45.1 Å². The van der Waals surface area contributed by atoms with Crippen LogP contribution >= 0.6 is 0 Å². The first kappa shape index (κ1) is 14.0. The summed E-state index contributed by atoms with van der Waals surface area (Å²) in [7, 11) is 0. The fourth-order valence-electron chi connectivity index (χ4n) is 2.05. The van der Waals surface area contributed by atoms with Crippen LogP contribution in [0.3, 0.4) is 0 Å². The van der Waals surface area contributed by atoms with Gasteiger partial charge in [0.1, 0.15) is 0 Å². The van der Waals surface area contributed by atoms with Crippen molar-refractivity contribution >= 4 is 11.9 Å². The Bertz CT molecular complexity index is 260. The SMILES string of the molecule is CCOC(=O)CCNC(=O)C1CCC(N)CC1. The molecule has 0 aromatic carbocycles. The molecule has 17 heavy (non-hydrogen) atoms. The zero-order valence-electron chi connectivity index (χ0n) is 10.4. The molecule has 0 atom stereocenters. The number of carbonyl (C=O) groups excluding carboxylic acids is 2. The van der Waals surface area contributed by atoms with Gasteiger partial charge in [0, 0.05) is 18.5 Å². The molecule has 0 aliphatic heterocycles. The van der Waals surface area contributed by atoms with Gasteiger partial charge in [-0.25, -0.2) is 0 Å². The van der Waals surface area contributed by atoms with E-state index < -0.39 is 0 Å². The second-order valence-corrected chi connectivity index (χ2v) is 4.46. The lowest BCUT2D eigenvalue weighted by molar-refractivity contribution is -0.143. The van der Waals surface area contributed by atoms with Crippen molar-refractivity contribution < 1.29 is 14.3 Å². The van der Waals surface area contributed by atoms with Crippen LogP contribution in [0.15, 0.2) is 0 Å². The van der Waals surface area contributed by atoms with Crippen LogP contribution in [-0.4, -0.2) is 31.1 Å². The average Bonchev–Trinajstić information content (AvgIpc) is 2.30. The molecule has 1 rings (SSSR count). The molecule has 3 N–H and O–H groups in total. The molecule has 1 saturated carbocycles. The molecule has 0 saturated heterocycles. The Morgan fingerprint density at radius 3 is 2.53 bits per heavy atom. The number of nitrogens with two attached hydrogens (primary N) is 1. The maximum Gasteiger partial charge on any atom is 0.307 e. The van der Waals surface area contributed by atoms with Crippen LogP contribution in [-0.2, 0) is 14.3 Å². The Kier molecular flexibility index (Phi) is 5.97. The van der Waals surface area contributed by atoms with Crippen LogP contribution in [0.1, 0.15) is 39.0 Å². The van der Waals surface area contributed by atoms with Gasteiger partial charge >= 0.3 is 5.97 Å². The van der Waals surface area contributed by atoms with E-state index >= 15 is 0 Å². The van der Waals surface area contributed by atoms with Gasteiger partial charge in [0.15, 0.2) is 0 Å². The number of amides is 1. The monoisotopic (exact) mass is 242 g/mol. The minimum Gasteiger partial charge on any atom is -0.466 e. The summed E-state index contributed by atoms with van der Waals surface area (Å²) in [4.78, 5) is 22.8. The Hall–Kier alpha value is -1.10. The number of hydrogen-bond donors (Lipinski definition) is 2. The van der Waals surface area contributed by atoms with Gasteiger partial charge < -0.3 is 15.8 Å². The summed E-state index contributed by atoms with van der Waals surface area (Å²) in [6.07, 6.45) is 3.77. The highest BCUT2D eigenvalue weighted by molar-refractivity contribution is 5.79. The molecule has 1 aliphatic rings. The third-order valence-electron chi connectivity index (χ3n) is 3.08. The molecular formula is C12H22N2O3. The fourth-order valence-corrected chi connectivity index (χ4v) is 2.05. The molecule has 1 fully saturated rings. The Labute approximate surface area is 102 Å². The molecule has 98 valence electrons. The van der Waals surface area contributed by atoms with E-state index in [1.54, 1.807) is 6.92 Å². The maximum absolute atomic E-state index is 11.7. The van der Waals surface area contributed by atoms with Gasteiger partial charge in [-0.05, 0) is 32.6 Å². The van der Waals surface area contributed by atoms with Gasteiger partial charge in [0.25, 0.3) is 0 Å². The Morgan fingerprint density at radius 2 is 1.94 bits per heavy atom. The minimum absolute atomic E-state index is 0.0428. The van der Waals surface area contributed by atoms with Crippen molar-refractivity contribution in [3.05, 3.63) is 0 Å². The molecule has 0 aromatic rings. The Balaban J connectivity index is 2.14. The normalized spacial score (nSPS) is 24.1. The van der Waals surface area contributed by atoms with E-state index in [4.69, 9.17) is 10.5 Å². The average molecular weight is 242 g/mol. The molecule has 0 unspecified atom stereocenters. The van der Waals surface area contributed by atoms with Crippen molar-refractivity contribution in [3.63, 3.8) is 0 Å². The molecule has 5 nitrogen and oxygen atoms in total. The summed E-state index contributed by atoms with van der Waals surface area (Å²) in [6, 6.07) is 0.249. The molecule has 1 aliphatic carbocycles. The topological polar surface area (TPSA) is 81.4 Å². The van der Waals surface area contributed by atoms with Crippen molar-refractivity contribution in [1.29, 1.82) is 0 Å². The summed E-state index contributed by atoms with van der Waals surface area (Å²) in [5.41, 5.74) is 5.78. The number of nitrogens with one attached hydrogen (secondary N) is 1. The lowest BCUT2D eigenvalue weighted by atomic mass is 9.86. The Morgan fingerprint density at radius 1 is 1.29 bits per heavy atom. The lowest BCUT2D eigenvalue weighted by Crippen LogP contribution is -2.37. The highest BCUT2D eigenvalue weighted by Gasteiger charge is 2.24. The van der Waals surface area contributed by atoms with Crippen LogP contribution in [0.25, 0.3) is 0 Å². The summed E-state index contributed by atoms with van der Waals surface area (Å²) >= 11 is 0. The van der Waals surface area contributed by atoms with Crippen LogP contribution < -0.4 is 11.1 Å². The number of esters is 1. The maximum atomic E-state index is 11.7. The third kappa shape index (κ3) is 5.17. The molecule has 0 radical (unpaired) electrons. The van der Waals surface area contributed by atoms with Gasteiger partial charge in [-0.15, -0.1) is 0 Å². The van der Waals surface area contributed by atoms with E-state index in [1.165, 1.54) is 0 Å². The first-order valence-corrected chi connectivity index (χ1v) is 6.32. The van der Waals surface area contributed by atoms with Gasteiger partial charge in [0.2, 0.25) is 5.91 Å². The van der Waals surface area contributed by atoms with Crippen LogP contribution in [0, 0.1) is 5.92 Å². The summed E-state index contributed by atoms with van der Waals surface area (Å²) in [5, 5.41) is 2.78. The van der Waals surface area contributed by atoms with Gasteiger partial charge in [-0.1, -0.05) is 0 Å². The molecule has 0 aromatic heterocycles. The van der Waals surface area contributed by atoms with E-state index in [-0.39, 0.29) is 30.3 Å². The second kappa shape index (κ2) is 7.27. The van der Waals surface area contributed by atoms with Crippen LogP contribution in [0.4, 0.5) is 0 Å². The second-order valence-electron chi connectivity index (χ2n) is 4.46. The van der Waals surface area contributed by atoms with E-state index in [0.29, 0.717) is 13.2 Å². The van der Waals surface area contributed by atoms with Gasteiger partial charge in [-0.3, -0.25) is 9.59 Å². The fraction of sp³-hybridized carbons (Fsp3) is 0.833. The minimum atomic E-state index is -0.265. The lowest BCUT2D eigenvalue weighted by Gasteiger charge is -2.25. The van der Waals surface area contributed by atoms with Crippen molar-refractivity contribution in [3.8, 4) is 0 Å². The molecule has 0 heterocycles. The number of hydrogen-bond acceptors (Lipinski definition) is 4. The van der Waals surface area contributed by atoms with Crippen molar-refractivity contribution in [2.24, 2.45) is 11.7 Å². The van der Waals surface area contributed by atoms with Gasteiger partial charge in [0.05, 0.1) is 13.0 Å². The van der Waals surface area contributed by atoms with E-state index in [1.807, 2.05) is 0 Å². The third-order valence-corrected chi connectivity index (χ3v) is 3.08. The number of ether oxygens (including phenoxy) is 1. The summed E-state index contributed by atoms with van der Waals surface area (Å²) < 4.78 is 4.78. The first-order chi connectivity index (χ1) is 8.13. The smallest absolute Gasteiger partial charge is 0.307 e. The molecule has 1 amide bonds. The largest absolute Gasteiger partial charge is 0.466 e. The van der Waals surface area contributed by atoms with Crippen molar-refractivity contribution in [2.75, 3.05) is 13.2 Å². The summed E-state index contributed by atoms with van der Waals surface area (Å²) in [6.45, 7) is 2.51. The molecule has 5 heteroatoms. The predicted octanol–water partition coefficient (Wildman–Crippen LogP) is 0.573. The zero-order chi connectivity index (χ0) is 12.7. The predicted molar refractivity (Wildman–Crippen MR) is 64.2 cm³/mol. The standard InChI is InChI=1S/C12H22N2O3/c1-2-17-11(15)7-8-14-12(16)9-3-5-10(13)6-4-9/h9-10H,2-8,13H2,1H3,(H,14,16). The number of carbonyl (C=O) groups is 2. The highest BCUT2D eigenvalue weighted by Crippen LogP contribution is 2.22. The number of rotatable bonds is 5. The van der Waals surface area contributed by atoms with Crippen LogP contribution in [0.2, 0.25) is 0 Å². The highest BCUT2D eigenvalue weighted by atomic mass is 16.5. The molecule has 0 spiro atoms. The quantitative estimate of drug-likeness (QED) is 0.691. The van der Waals surface area contributed by atoms with Gasteiger partial charge in [-0.2, -0.15) is 0 Å². The van der Waals surface area contributed by atoms with Crippen LogP contribution in [0.5, 0.6) is 0 Å². The summed E-state index contributed by atoms with van der Waals surface area (Å²) in [5.74, 6) is -0.156. The zero-order valence-corrected chi connectivity index (χ0v) is 10.4. The first-order valence-electron chi connectivity index (χ1n) is 6.32. The van der Waals surface area contributed by atoms with E-state index in [2.05, 4.69) is 5.32 Å².